The number of piperidine rings is 1. The number of aliphatic hydroxyl groups is 1. The zero-order valence-corrected chi connectivity index (χ0v) is 16.0. The Hall–Kier alpha value is -2.92. The predicted molar refractivity (Wildman–Crippen MR) is 109 cm³/mol. The summed E-state index contributed by atoms with van der Waals surface area (Å²) in [5.41, 5.74) is 2.24. The van der Waals surface area contributed by atoms with Crippen LogP contribution in [-0.2, 0) is 9.59 Å². The van der Waals surface area contributed by atoms with Gasteiger partial charge in [0.2, 0.25) is 5.91 Å². The van der Waals surface area contributed by atoms with Gasteiger partial charge in [-0.05, 0) is 29.5 Å². The Balaban J connectivity index is 1.84. The van der Waals surface area contributed by atoms with Crippen LogP contribution in [0.5, 0.6) is 0 Å². The van der Waals surface area contributed by atoms with Crippen molar-refractivity contribution in [3.8, 4) is 0 Å². The molecule has 0 spiro atoms. The highest BCUT2D eigenvalue weighted by Gasteiger charge is 2.33. The minimum absolute atomic E-state index is 0.0687. The minimum Gasteiger partial charge on any atom is -0.396 e. The van der Waals surface area contributed by atoms with Crippen LogP contribution in [0.3, 0.4) is 0 Å². The van der Waals surface area contributed by atoms with E-state index in [2.05, 4.69) is 5.32 Å². The van der Waals surface area contributed by atoms with Gasteiger partial charge in [0.25, 0.3) is 5.91 Å². The summed E-state index contributed by atoms with van der Waals surface area (Å²) in [5, 5.41) is 12.5. The molecule has 2 unspecified atom stereocenters. The number of aliphatic hydroxyl groups excluding tert-OH is 1. The molecule has 1 saturated heterocycles. The molecule has 5 heteroatoms. The maximum Gasteiger partial charge on any atom is 0.270 e. The van der Waals surface area contributed by atoms with Gasteiger partial charge in [-0.1, -0.05) is 60.7 Å². The molecule has 2 amide bonds. The molecular weight excluding hydrogens is 352 g/mol. The van der Waals surface area contributed by atoms with Crippen molar-refractivity contribution in [2.75, 3.05) is 19.7 Å². The molecule has 28 heavy (non-hydrogen) atoms. The van der Waals surface area contributed by atoms with Gasteiger partial charge in [-0.25, -0.2) is 0 Å². The van der Waals surface area contributed by atoms with Crippen LogP contribution in [0.15, 0.2) is 66.4 Å². The molecule has 3 rings (SSSR count). The van der Waals surface area contributed by atoms with Crippen molar-refractivity contribution in [3.05, 3.63) is 77.5 Å². The van der Waals surface area contributed by atoms with Crippen LogP contribution in [0.4, 0.5) is 0 Å². The van der Waals surface area contributed by atoms with Crippen molar-refractivity contribution >= 4 is 17.9 Å². The number of rotatable bonds is 5. The van der Waals surface area contributed by atoms with E-state index in [9.17, 15) is 14.7 Å². The fraction of sp³-hybridized carbons (Fsp3) is 0.304. The third kappa shape index (κ3) is 4.87. The molecule has 2 aromatic carbocycles. The van der Waals surface area contributed by atoms with Crippen LogP contribution in [0.1, 0.15) is 30.4 Å². The molecule has 0 aromatic heterocycles. The average molecular weight is 378 g/mol. The Morgan fingerprint density at radius 3 is 2.36 bits per heavy atom. The molecule has 0 aliphatic carbocycles. The standard InChI is InChI=1S/C23H26N2O3/c1-17(27)24-22(14-18-8-4-2-5-9-18)23(28)25-13-12-20(16-26)21(15-25)19-10-6-3-7-11-19/h2-11,14,20-21,26H,12-13,15-16H2,1H3,(H,24,27)/b22-14+. The topological polar surface area (TPSA) is 69.6 Å². The number of nitrogens with zero attached hydrogens (tertiary/aromatic N) is 1. The fourth-order valence-corrected chi connectivity index (χ4v) is 3.71. The largest absolute Gasteiger partial charge is 0.396 e. The summed E-state index contributed by atoms with van der Waals surface area (Å²) >= 11 is 0. The molecule has 2 N–H and O–H groups in total. The highest BCUT2D eigenvalue weighted by molar-refractivity contribution is 6.01. The number of nitrogens with one attached hydrogen (secondary N) is 1. The van der Waals surface area contributed by atoms with Crippen LogP contribution < -0.4 is 5.32 Å². The minimum atomic E-state index is -0.277. The molecule has 2 atom stereocenters. The molecule has 1 aliphatic rings. The maximum absolute atomic E-state index is 13.2. The van der Waals surface area contributed by atoms with Gasteiger partial charge in [0.05, 0.1) is 0 Å². The lowest BCUT2D eigenvalue weighted by Gasteiger charge is -2.38. The van der Waals surface area contributed by atoms with E-state index in [-0.39, 0.29) is 36.0 Å². The van der Waals surface area contributed by atoms with Crippen molar-refractivity contribution in [2.24, 2.45) is 5.92 Å². The molecule has 0 saturated carbocycles. The maximum atomic E-state index is 13.2. The summed E-state index contributed by atoms with van der Waals surface area (Å²) in [6, 6.07) is 19.4. The molecule has 1 aliphatic heterocycles. The quantitative estimate of drug-likeness (QED) is 0.786. The Kier molecular flexibility index (Phi) is 6.61. The predicted octanol–water partition coefficient (Wildman–Crippen LogP) is 2.79. The number of amides is 2. The number of carbonyl (C=O) groups excluding carboxylic acids is 2. The van der Waals surface area contributed by atoms with E-state index in [1.54, 1.807) is 11.0 Å². The first kappa shape index (κ1) is 19.8. The second-order valence-electron chi connectivity index (χ2n) is 7.15. The Morgan fingerprint density at radius 1 is 1.11 bits per heavy atom. The summed E-state index contributed by atoms with van der Waals surface area (Å²) in [4.78, 5) is 26.6. The highest BCUT2D eigenvalue weighted by Crippen LogP contribution is 2.32. The molecule has 1 fully saturated rings. The van der Waals surface area contributed by atoms with E-state index in [0.29, 0.717) is 13.1 Å². The number of benzene rings is 2. The zero-order chi connectivity index (χ0) is 19.9. The number of carbonyl (C=O) groups is 2. The smallest absolute Gasteiger partial charge is 0.270 e. The van der Waals surface area contributed by atoms with Crippen molar-refractivity contribution < 1.29 is 14.7 Å². The molecule has 2 aromatic rings. The van der Waals surface area contributed by atoms with Gasteiger partial charge in [0, 0.05) is 32.5 Å². The summed E-state index contributed by atoms with van der Waals surface area (Å²) in [5.74, 6) is -0.287. The third-order valence-corrected chi connectivity index (χ3v) is 5.16. The normalized spacial score (nSPS) is 19.9. The van der Waals surface area contributed by atoms with E-state index >= 15 is 0 Å². The molecule has 0 bridgehead atoms. The summed E-state index contributed by atoms with van der Waals surface area (Å²) < 4.78 is 0. The van der Waals surface area contributed by atoms with Crippen molar-refractivity contribution in [3.63, 3.8) is 0 Å². The van der Waals surface area contributed by atoms with Crippen molar-refractivity contribution in [2.45, 2.75) is 19.3 Å². The van der Waals surface area contributed by atoms with Gasteiger partial charge < -0.3 is 15.3 Å². The van der Waals surface area contributed by atoms with Gasteiger partial charge in [-0.15, -0.1) is 0 Å². The lowest BCUT2D eigenvalue weighted by atomic mass is 9.81. The van der Waals surface area contributed by atoms with Gasteiger partial charge in [0.1, 0.15) is 5.70 Å². The first-order valence-electron chi connectivity index (χ1n) is 9.58. The number of hydrogen-bond donors (Lipinski definition) is 2. The van der Waals surface area contributed by atoms with E-state index in [1.807, 2.05) is 60.7 Å². The van der Waals surface area contributed by atoms with Gasteiger partial charge in [-0.3, -0.25) is 9.59 Å². The van der Waals surface area contributed by atoms with Crippen LogP contribution in [0.25, 0.3) is 6.08 Å². The molecular formula is C23H26N2O3. The second-order valence-corrected chi connectivity index (χ2v) is 7.15. The summed E-state index contributed by atoms with van der Waals surface area (Å²) in [6.45, 7) is 2.57. The Labute approximate surface area is 165 Å². The van der Waals surface area contributed by atoms with Crippen molar-refractivity contribution in [1.82, 2.24) is 10.2 Å². The van der Waals surface area contributed by atoms with Gasteiger partial charge in [-0.2, -0.15) is 0 Å². The van der Waals surface area contributed by atoms with Crippen molar-refractivity contribution in [1.29, 1.82) is 0 Å². The lowest BCUT2D eigenvalue weighted by molar-refractivity contribution is -0.131. The Bertz CT molecular complexity index is 833. The molecule has 1 heterocycles. The van der Waals surface area contributed by atoms with E-state index in [0.717, 1.165) is 17.5 Å². The summed E-state index contributed by atoms with van der Waals surface area (Å²) in [6.07, 6.45) is 2.43. The van der Waals surface area contributed by atoms with E-state index < -0.39 is 0 Å². The van der Waals surface area contributed by atoms with Crippen LogP contribution >= 0.6 is 0 Å². The number of hydrogen-bond acceptors (Lipinski definition) is 3. The fourth-order valence-electron chi connectivity index (χ4n) is 3.71. The lowest BCUT2D eigenvalue weighted by Crippen LogP contribution is -2.46. The highest BCUT2D eigenvalue weighted by atomic mass is 16.3. The monoisotopic (exact) mass is 378 g/mol. The van der Waals surface area contributed by atoms with E-state index in [1.165, 1.54) is 6.92 Å². The Morgan fingerprint density at radius 2 is 1.75 bits per heavy atom. The first-order chi connectivity index (χ1) is 13.6. The molecule has 146 valence electrons. The van der Waals surface area contributed by atoms with Gasteiger partial charge >= 0.3 is 0 Å². The van der Waals surface area contributed by atoms with E-state index in [4.69, 9.17) is 0 Å². The van der Waals surface area contributed by atoms with Crippen LogP contribution in [0, 0.1) is 5.92 Å². The molecule has 5 nitrogen and oxygen atoms in total. The second kappa shape index (κ2) is 9.33. The van der Waals surface area contributed by atoms with Gasteiger partial charge in [0.15, 0.2) is 0 Å². The zero-order valence-electron chi connectivity index (χ0n) is 16.0. The third-order valence-electron chi connectivity index (χ3n) is 5.16. The first-order valence-corrected chi connectivity index (χ1v) is 9.58. The molecule has 0 radical (unpaired) electrons. The van der Waals surface area contributed by atoms with Crippen LogP contribution in [0.2, 0.25) is 0 Å². The number of likely N-dealkylation sites (tertiary alicyclic amines) is 1. The average Bonchev–Trinajstić information content (AvgIpc) is 2.73. The summed E-state index contributed by atoms with van der Waals surface area (Å²) in [7, 11) is 0. The SMILES string of the molecule is CC(=O)N/C(=C/c1ccccc1)C(=O)N1CCC(CO)C(c2ccccc2)C1. The van der Waals surface area contributed by atoms with Crippen LogP contribution in [-0.4, -0.2) is 41.5 Å².